The Morgan fingerprint density at radius 2 is 1.93 bits per heavy atom. The van der Waals surface area contributed by atoms with Crippen molar-refractivity contribution >= 4 is 10.2 Å². The molecular weight excluding hydrogens is 214 g/mol. The summed E-state index contributed by atoms with van der Waals surface area (Å²) in [6.45, 7) is 4.97. The summed E-state index contributed by atoms with van der Waals surface area (Å²) in [6, 6.07) is 0.627. The van der Waals surface area contributed by atoms with E-state index in [9.17, 15) is 8.42 Å². The maximum atomic E-state index is 11.3. The molecule has 0 radical (unpaired) electrons. The van der Waals surface area contributed by atoms with Gasteiger partial charge >= 0.3 is 0 Å². The lowest BCUT2D eigenvalue weighted by atomic mass is 10.4. The molecule has 0 amide bonds. The molecule has 5 nitrogen and oxygen atoms in total. The molecule has 0 aromatic heterocycles. The van der Waals surface area contributed by atoms with E-state index in [0.29, 0.717) is 12.6 Å². The Bertz CT molecular complexity index is 273. The number of hydrogen-bond donors (Lipinski definition) is 3. The molecule has 1 saturated carbocycles. The zero-order chi connectivity index (χ0) is 11.3. The number of nitrogens with one attached hydrogen (secondary N) is 3. The van der Waals surface area contributed by atoms with Crippen LogP contribution in [-0.2, 0) is 10.2 Å². The van der Waals surface area contributed by atoms with Gasteiger partial charge in [0, 0.05) is 18.6 Å². The van der Waals surface area contributed by atoms with E-state index in [1.165, 1.54) is 12.8 Å². The van der Waals surface area contributed by atoms with E-state index in [-0.39, 0.29) is 6.04 Å². The van der Waals surface area contributed by atoms with Crippen molar-refractivity contribution in [1.82, 2.24) is 14.8 Å². The molecule has 15 heavy (non-hydrogen) atoms. The topological polar surface area (TPSA) is 70.2 Å². The van der Waals surface area contributed by atoms with E-state index in [1.807, 2.05) is 0 Å². The van der Waals surface area contributed by atoms with Gasteiger partial charge in [0.25, 0.3) is 10.2 Å². The fourth-order valence-electron chi connectivity index (χ4n) is 1.24. The van der Waals surface area contributed by atoms with Crippen molar-refractivity contribution in [2.45, 2.75) is 45.2 Å². The zero-order valence-corrected chi connectivity index (χ0v) is 10.2. The second-order valence-electron chi connectivity index (χ2n) is 4.25. The van der Waals surface area contributed by atoms with Crippen LogP contribution in [0.2, 0.25) is 0 Å². The van der Waals surface area contributed by atoms with Gasteiger partial charge in [0.15, 0.2) is 0 Å². The van der Waals surface area contributed by atoms with Gasteiger partial charge in [0.05, 0.1) is 0 Å². The third kappa shape index (κ3) is 6.83. The van der Waals surface area contributed by atoms with Crippen LogP contribution in [0.15, 0.2) is 0 Å². The molecular formula is C9H21N3O2S. The van der Waals surface area contributed by atoms with Gasteiger partial charge in [0.1, 0.15) is 0 Å². The van der Waals surface area contributed by atoms with Crippen LogP contribution in [0.1, 0.15) is 33.1 Å². The molecule has 1 aliphatic carbocycles. The summed E-state index contributed by atoms with van der Waals surface area (Å²) in [4.78, 5) is 0. The molecule has 3 N–H and O–H groups in total. The van der Waals surface area contributed by atoms with Gasteiger partial charge in [-0.2, -0.15) is 13.1 Å². The first kappa shape index (κ1) is 12.9. The molecule has 0 spiro atoms. The maximum absolute atomic E-state index is 11.3. The summed E-state index contributed by atoms with van der Waals surface area (Å²) in [5, 5.41) is 3.33. The molecule has 6 heteroatoms. The Hall–Kier alpha value is -0.170. The van der Waals surface area contributed by atoms with E-state index >= 15 is 0 Å². The molecule has 0 heterocycles. The minimum Gasteiger partial charge on any atom is -0.314 e. The minimum atomic E-state index is -3.29. The molecule has 1 rings (SSSR count). The predicted molar refractivity (Wildman–Crippen MR) is 60.8 cm³/mol. The molecule has 0 bridgehead atoms. The number of hydrogen-bond acceptors (Lipinski definition) is 3. The van der Waals surface area contributed by atoms with Gasteiger partial charge in [-0.25, -0.2) is 4.72 Å². The highest BCUT2D eigenvalue weighted by atomic mass is 32.2. The van der Waals surface area contributed by atoms with Crippen LogP contribution in [0.5, 0.6) is 0 Å². The van der Waals surface area contributed by atoms with Crippen molar-refractivity contribution < 1.29 is 8.42 Å². The van der Waals surface area contributed by atoms with Crippen molar-refractivity contribution in [3.05, 3.63) is 0 Å². The van der Waals surface area contributed by atoms with Crippen molar-refractivity contribution in [2.24, 2.45) is 0 Å². The molecule has 0 aromatic rings. The van der Waals surface area contributed by atoms with E-state index in [0.717, 1.165) is 13.0 Å². The Balaban J connectivity index is 2.01. The first-order chi connectivity index (χ1) is 6.99. The van der Waals surface area contributed by atoms with Gasteiger partial charge < -0.3 is 5.32 Å². The lowest BCUT2D eigenvalue weighted by Gasteiger charge is -2.10. The largest absolute Gasteiger partial charge is 0.314 e. The summed E-state index contributed by atoms with van der Waals surface area (Å²) in [6.07, 6.45) is 3.36. The van der Waals surface area contributed by atoms with E-state index in [4.69, 9.17) is 0 Å². The standard InChI is InChI=1S/C9H21N3O2S/c1-8(2)12-15(13,14)11-7-3-6-10-9-4-5-9/h8-12H,3-7H2,1-2H3. The molecule has 0 atom stereocenters. The smallest absolute Gasteiger partial charge is 0.277 e. The Labute approximate surface area is 92.2 Å². The average Bonchev–Trinajstić information content (AvgIpc) is 2.84. The van der Waals surface area contributed by atoms with Gasteiger partial charge in [-0.1, -0.05) is 0 Å². The highest BCUT2D eigenvalue weighted by Crippen LogP contribution is 2.18. The highest BCUT2D eigenvalue weighted by Gasteiger charge is 2.19. The second kappa shape index (κ2) is 5.79. The van der Waals surface area contributed by atoms with Crippen LogP contribution in [0.4, 0.5) is 0 Å². The normalized spacial score (nSPS) is 17.3. The summed E-state index contributed by atoms with van der Waals surface area (Å²) in [5.41, 5.74) is 0. The van der Waals surface area contributed by atoms with E-state index in [1.54, 1.807) is 13.8 Å². The molecule has 0 aromatic carbocycles. The average molecular weight is 235 g/mol. The Kier molecular flexibility index (Phi) is 4.98. The third-order valence-electron chi connectivity index (χ3n) is 2.05. The SMILES string of the molecule is CC(C)NS(=O)(=O)NCCCNC1CC1. The minimum absolute atomic E-state index is 0.0629. The summed E-state index contributed by atoms with van der Waals surface area (Å²) in [7, 11) is -3.29. The van der Waals surface area contributed by atoms with Gasteiger partial charge in [-0.3, -0.25) is 0 Å². The van der Waals surface area contributed by atoms with Crippen molar-refractivity contribution in [3.63, 3.8) is 0 Å². The zero-order valence-electron chi connectivity index (χ0n) is 9.41. The lowest BCUT2D eigenvalue weighted by Crippen LogP contribution is -2.41. The quantitative estimate of drug-likeness (QED) is 0.517. The van der Waals surface area contributed by atoms with Crippen molar-refractivity contribution in [2.75, 3.05) is 13.1 Å². The molecule has 0 saturated heterocycles. The first-order valence-electron chi connectivity index (χ1n) is 5.50. The highest BCUT2D eigenvalue weighted by molar-refractivity contribution is 7.87. The molecule has 90 valence electrons. The fraction of sp³-hybridized carbons (Fsp3) is 1.00. The van der Waals surface area contributed by atoms with Gasteiger partial charge in [0.2, 0.25) is 0 Å². The Morgan fingerprint density at radius 3 is 2.47 bits per heavy atom. The van der Waals surface area contributed by atoms with Crippen LogP contribution in [0.3, 0.4) is 0 Å². The van der Waals surface area contributed by atoms with Crippen LogP contribution in [-0.4, -0.2) is 33.6 Å². The third-order valence-corrected chi connectivity index (χ3v) is 3.41. The summed E-state index contributed by atoms with van der Waals surface area (Å²) < 4.78 is 27.6. The van der Waals surface area contributed by atoms with Gasteiger partial charge in [-0.15, -0.1) is 0 Å². The van der Waals surface area contributed by atoms with Crippen LogP contribution in [0, 0.1) is 0 Å². The van der Waals surface area contributed by atoms with Gasteiger partial charge in [-0.05, 0) is 39.7 Å². The van der Waals surface area contributed by atoms with Crippen molar-refractivity contribution in [3.8, 4) is 0 Å². The Morgan fingerprint density at radius 1 is 1.27 bits per heavy atom. The fourth-order valence-corrected chi connectivity index (χ4v) is 2.36. The molecule has 0 unspecified atom stereocenters. The molecule has 1 fully saturated rings. The van der Waals surface area contributed by atoms with E-state index < -0.39 is 10.2 Å². The van der Waals surface area contributed by atoms with Crippen LogP contribution in [0.25, 0.3) is 0 Å². The van der Waals surface area contributed by atoms with E-state index in [2.05, 4.69) is 14.8 Å². The molecule has 0 aliphatic heterocycles. The monoisotopic (exact) mass is 235 g/mol. The van der Waals surface area contributed by atoms with Crippen molar-refractivity contribution in [1.29, 1.82) is 0 Å². The maximum Gasteiger partial charge on any atom is 0.277 e. The molecule has 1 aliphatic rings. The summed E-state index contributed by atoms with van der Waals surface area (Å²) in [5.74, 6) is 0. The van der Waals surface area contributed by atoms with Crippen LogP contribution < -0.4 is 14.8 Å². The first-order valence-corrected chi connectivity index (χ1v) is 6.98. The second-order valence-corrected chi connectivity index (χ2v) is 5.78. The number of rotatable bonds is 8. The lowest BCUT2D eigenvalue weighted by molar-refractivity contribution is 0.549. The summed E-state index contributed by atoms with van der Waals surface area (Å²) >= 11 is 0. The predicted octanol–water partition coefficient (Wildman–Crippen LogP) is -0.0391. The van der Waals surface area contributed by atoms with Crippen LogP contribution >= 0.6 is 0 Å².